The van der Waals surface area contributed by atoms with Crippen molar-refractivity contribution in [1.29, 1.82) is 0 Å². The summed E-state index contributed by atoms with van der Waals surface area (Å²) in [7, 11) is 0. The second kappa shape index (κ2) is 5.83. The standard InChI is InChI=1S/C16H16O5/c1-4-20-15(18)13-12(9(2)3)16(19)21-11-8-6-5-7-10(11)14(13)17/h5-8,17H,4H2,1-3H3. The molecule has 5 heteroatoms. The third-order valence-electron chi connectivity index (χ3n) is 3.02. The fraction of sp³-hybridized carbons (Fsp3) is 0.250. The summed E-state index contributed by atoms with van der Waals surface area (Å²) in [5, 5.41) is 10.4. The average molecular weight is 288 g/mol. The summed E-state index contributed by atoms with van der Waals surface area (Å²) in [6.07, 6.45) is 0. The molecule has 1 aromatic rings. The van der Waals surface area contributed by atoms with E-state index >= 15 is 0 Å². The Bertz CT molecular complexity index is 663. The first-order chi connectivity index (χ1) is 9.97. The Labute approximate surface area is 122 Å². The van der Waals surface area contributed by atoms with Crippen molar-refractivity contribution in [2.24, 2.45) is 0 Å². The van der Waals surface area contributed by atoms with Crippen LogP contribution in [0.25, 0.3) is 5.76 Å². The number of rotatable bonds is 2. The zero-order valence-electron chi connectivity index (χ0n) is 12.1. The Kier molecular flexibility index (Phi) is 4.12. The Morgan fingerprint density at radius 1 is 1.29 bits per heavy atom. The van der Waals surface area contributed by atoms with Crippen LogP contribution in [0.1, 0.15) is 26.3 Å². The van der Waals surface area contributed by atoms with Gasteiger partial charge < -0.3 is 14.6 Å². The molecule has 0 bridgehead atoms. The average Bonchev–Trinajstić information content (AvgIpc) is 2.54. The number of carbonyl (C=O) groups excluding carboxylic acids is 2. The van der Waals surface area contributed by atoms with E-state index in [1.165, 1.54) is 0 Å². The van der Waals surface area contributed by atoms with E-state index in [0.717, 1.165) is 0 Å². The molecule has 0 aliphatic carbocycles. The first kappa shape index (κ1) is 14.8. The van der Waals surface area contributed by atoms with Crippen LogP contribution in [0.4, 0.5) is 0 Å². The maximum atomic E-state index is 12.3. The van der Waals surface area contributed by atoms with Crippen LogP contribution in [0.5, 0.6) is 5.75 Å². The van der Waals surface area contributed by atoms with Crippen molar-refractivity contribution < 1.29 is 24.2 Å². The molecule has 1 aromatic carbocycles. The van der Waals surface area contributed by atoms with E-state index in [9.17, 15) is 14.7 Å². The van der Waals surface area contributed by atoms with Gasteiger partial charge >= 0.3 is 11.9 Å². The number of hydrogen-bond acceptors (Lipinski definition) is 5. The van der Waals surface area contributed by atoms with Crippen LogP contribution < -0.4 is 4.74 Å². The van der Waals surface area contributed by atoms with Crippen molar-refractivity contribution >= 4 is 17.7 Å². The van der Waals surface area contributed by atoms with Crippen molar-refractivity contribution in [3.63, 3.8) is 0 Å². The smallest absolute Gasteiger partial charge is 0.344 e. The molecule has 110 valence electrons. The summed E-state index contributed by atoms with van der Waals surface area (Å²) >= 11 is 0. The van der Waals surface area contributed by atoms with Crippen LogP contribution in [-0.2, 0) is 14.3 Å². The largest absolute Gasteiger partial charge is 0.506 e. The third-order valence-corrected chi connectivity index (χ3v) is 3.02. The van der Waals surface area contributed by atoms with Gasteiger partial charge in [0.2, 0.25) is 0 Å². The fourth-order valence-electron chi connectivity index (χ4n) is 2.11. The first-order valence-electron chi connectivity index (χ1n) is 6.57. The number of benzene rings is 1. The second-order valence-electron chi connectivity index (χ2n) is 4.70. The van der Waals surface area contributed by atoms with Crippen molar-refractivity contribution in [2.45, 2.75) is 20.8 Å². The molecule has 0 atom stereocenters. The summed E-state index contributed by atoms with van der Waals surface area (Å²) in [6.45, 7) is 5.13. The number of carbonyl (C=O) groups is 2. The number of fused-ring (bicyclic) bond motifs is 1. The van der Waals surface area contributed by atoms with E-state index in [4.69, 9.17) is 9.47 Å². The number of aliphatic hydroxyl groups is 1. The lowest BCUT2D eigenvalue weighted by atomic mass is 9.98. The summed E-state index contributed by atoms with van der Waals surface area (Å²) < 4.78 is 10.2. The topological polar surface area (TPSA) is 72.8 Å². The molecule has 0 saturated carbocycles. The van der Waals surface area contributed by atoms with E-state index in [0.29, 0.717) is 5.57 Å². The number of esters is 2. The molecule has 0 spiro atoms. The molecule has 1 N–H and O–H groups in total. The van der Waals surface area contributed by atoms with Crippen LogP contribution in [0.3, 0.4) is 0 Å². The number of ether oxygens (including phenoxy) is 2. The van der Waals surface area contributed by atoms with Crippen molar-refractivity contribution in [3.05, 3.63) is 46.5 Å². The van der Waals surface area contributed by atoms with Crippen LogP contribution in [-0.4, -0.2) is 23.7 Å². The lowest BCUT2D eigenvalue weighted by Gasteiger charge is -2.10. The highest BCUT2D eigenvalue weighted by molar-refractivity contribution is 6.13. The lowest BCUT2D eigenvalue weighted by molar-refractivity contribution is -0.139. The van der Waals surface area contributed by atoms with Crippen LogP contribution in [0.2, 0.25) is 0 Å². The predicted molar refractivity (Wildman–Crippen MR) is 76.6 cm³/mol. The molecule has 0 fully saturated rings. The molecular weight excluding hydrogens is 272 g/mol. The van der Waals surface area contributed by atoms with Crippen molar-refractivity contribution in [1.82, 2.24) is 0 Å². The minimum atomic E-state index is -0.750. The van der Waals surface area contributed by atoms with Crippen molar-refractivity contribution in [3.8, 4) is 5.75 Å². The fourth-order valence-corrected chi connectivity index (χ4v) is 2.11. The van der Waals surface area contributed by atoms with E-state index in [2.05, 4.69) is 0 Å². The molecule has 0 unspecified atom stereocenters. The SMILES string of the molecule is CCOC(=O)C1=C(O)c2ccccc2OC(=O)C1=C(C)C. The molecule has 21 heavy (non-hydrogen) atoms. The van der Waals surface area contributed by atoms with Crippen LogP contribution in [0, 0.1) is 0 Å². The Morgan fingerprint density at radius 2 is 1.95 bits per heavy atom. The maximum Gasteiger partial charge on any atom is 0.344 e. The van der Waals surface area contributed by atoms with Gasteiger partial charge in [-0.25, -0.2) is 9.59 Å². The number of hydrogen-bond donors (Lipinski definition) is 1. The Hall–Kier alpha value is -2.56. The van der Waals surface area contributed by atoms with Gasteiger partial charge in [0.15, 0.2) is 0 Å². The van der Waals surface area contributed by atoms with Crippen LogP contribution >= 0.6 is 0 Å². The molecule has 5 nitrogen and oxygen atoms in total. The van der Waals surface area contributed by atoms with Gasteiger partial charge in [-0.3, -0.25) is 0 Å². The van der Waals surface area contributed by atoms with Gasteiger partial charge in [-0.05, 0) is 32.9 Å². The molecule has 0 radical (unpaired) electrons. The monoisotopic (exact) mass is 288 g/mol. The van der Waals surface area contributed by atoms with E-state index in [1.54, 1.807) is 45.0 Å². The normalized spacial score (nSPS) is 14.2. The van der Waals surface area contributed by atoms with Gasteiger partial charge in [-0.15, -0.1) is 0 Å². The van der Waals surface area contributed by atoms with E-state index in [-0.39, 0.29) is 34.8 Å². The van der Waals surface area contributed by atoms with Gasteiger partial charge in [0.25, 0.3) is 0 Å². The minimum absolute atomic E-state index is 0.0298. The summed E-state index contributed by atoms with van der Waals surface area (Å²) in [6, 6.07) is 6.49. The van der Waals surface area contributed by atoms with Gasteiger partial charge in [0, 0.05) is 0 Å². The van der Waals surface area contributed by atoms with Gasteiger partial charge in [0.1, 0.15) is 17.1 Å². The highest BCUT2D eigenvalue weighted by Gasteiger charge is 2.33. The molecule has 0 amide bonds. The maximum absolute atomic E-state index is 12.3. The van der Waals surface area contributed by atoms with E-state index < -0.39 is 11.9 Å². The number of aliphatic hydroxyl groups excluding tert-OH is 1. The molecule has 2 rings (SSSR count). The molecule has 0 aromatic heterocycles. The molecular formula is C16H16O5. The lowest BCUT2D eigenvalue weighted by Crippen LogP contribution is -2.19. The van der Waals surface area contributed by atoms with Crippen molar-refractivity contribution in [2.75, 3.05) is 6.61 Å². The Balaban J connectivity index is 2.75. The quantitative estimate of drug-likeness (QED) is 0.514. The molecule has 1 heterocycles. The highest BCUT2D eigenvalue weighted by Crippen LogP contribution is 2.35. The third kappa shape index (κ3) is 2.67. The zero-order chi connectivity index (χ0) is 15.6. The minimum Gasteiger partial charge on any atom is -0.506 e. The highest BCUT2D eigenvalue weighted by atomic mass is 16.5. The predicted octanol–water partition coefficient (Wildman–Crippen LogP) is 2.77. The molecule has 1 aliphatic rings. The zero-order valence-corrected chi connectivity index (χ0v) is 12.1. The number of allylic oxidation sites excluding steroid dienone is 1. The van der Waals surface area contributed by atoms with Gasteiger partial charge in [-0.2, -0.15) is 0 Å². The van der Waals surface area contributed by atoms with Gasteiger partial charge in [0.05, 0.1) is 17.7 Å². The second-order valence-corrected chi connectivity index (χ2v) is 4.70. The number of para-hydroxylation sites is 1. The molecule has 1 aliphatic heterocycles. The summed E-state index contributed by atoms with van der Waals surface area (Å²) in [4.78, 5) is 24.4. The van der Waals surface area contributed by atoms with Crippen LogP contribution in [0.15, 0.2) is 41.0 Å². The summed E-state index contributed by atoms with van der Waals surface area (Å²) in [5.41, 5.74) is 0.710. The van der Waals surface area contributed by atoms with E-state index in [1.807, 2.05) is 0 Å². The Morgan fingerprint density at radius 3 is 2.57 bits per heavy atom. The van der Waals surface area contributed by atoms with Gasteiger partial charge in [-0.1, -0.05) is 17.7 Å². The molecule has 0 saturated heterocycles. The summed E-state index contributed by atoms with van der Waals surface area (Å²) in [5.74, 6) is -1.54. The first-order valence-corrected chi connectivity index (χ1v) is 6.57.